The second-order valence-corrected chi connectivity index (χ2v) is 11.4. The zero-order valence-corrected chi connectivity index (χ0v) is 22.6. The van der Waals surface area contributed by atoms with Crippen LogP contribution in [0, 0.1) is 17.2 Å². The van der Waals surface area contributed by atoms with Gasteiger partial charge in [0.15, 0.2) is 0 Å². The highest BCUT2D eigenvalue weighted by molar-refractivity contribution is 6.30. The zero-order chi connectivity index (χ0) is 26.7. The molecule has 1 N–H and O–H groups in total. The van der Waals surface area contributed by atoms with Crippen LogP contribution in [0.2, 0.25) is 5.02 Å². The van der Waals surface area contributed by atoms with Gasteiger partial charge in [-0.25, -0.2) is 4.39 Å². The van der Waals surface area contributed by atoms with E-state index in [1.165, 1.54) is 17.7 Å². The molecule has 4 rings (SSSR count). The molecular weight excluding hydrogens is 487 g/mol. The van der Waals surface area contributed by atoms with Gasteiger partial charge in [-0.05, 0) is 76.8 Å². The molecule has 3 aromatic rings. The van der Waals surface area contributed by atoms with Crippen molar-refractivity contribution < 1.29 is 14.0 Å². The Morgan fingerprint density at radius 2 is 1.65 bits per heavy atom. The Hall–Kier alpha value is -3.18. The summed E-state index contributed by atoms with van der Waals surface area (Å²) in [7, 11) is 0. The van der Waals surface area contributed by atoms with Gasteiger partial charge in [-0.2, -0.15) is 0 Å². The predicted octanol–water partition coefficient (Wildman–Crippen LogP) is 6.94. The number of benzene rings is 3. The summed E-state index contributed by atoms with van der Waals surface area (Å²) in [6.07, 6.45) is 0.842. The van der Waals surface area contributed by atoms with Crippen molar-refractivity contribution >= 4 is 23.4 Å². The first-order valence-electron chi connectivity index (χ1n) is 12.8. The molecule has 4 nitrogen and oxygen atoms in total. The molecule has 1 aliphatic heterocycles. The lowest BCUT2D eigenvalue weighted by atomic mass is 9.70. The van der Waals surface area contributed by atoms with Gasteiger partial charge in [0.05, 0.1) is 0 Å². The number of halogens is 2. The first-order chi connectivity index (χ1) is 17.5. The number of nitrogens with one attached hydrogen (secondary N) is 1. The van der Waals surface area contributed by atoms with Gasteiger partial charge in [0.25, 0.3) is 5.91 Å². The van der Waals surface area contributed by atoms with E-state index in [1.54, 1.807) is 30.3 Å². The van der Waals surface area contributed by atoms with Crippen LogP contribution >= 0.6 is 11.6 Å². The number of rotatable bonds is 6. The highest BCUT2D eigenvalue weighted by atomic mass is 35.5. The van der Waals surface area contributed by atoms with Crippen molar-refractivity contribution in [2.75, 3.05) is 13.1 Å². The lowest BCUT2D eigenvalue weighted by Crippen LogP contribution is -2.55. The monoisotopic (exact) mass is 520 g/mol. The molecule has 2 amide bonds. The Balaban J connectivity index is 1.48. The third-order valence-corrected chi connectivity index (χ3v) is 7.57. The molecule has 0 saturated carbocycles. The maximum absolute atomic E-state index is 13.7. The minimum atomic E-state index is -0.645. The maximum Gasteiger partial charge on any atom is 0.251 e. The fraction of sp³-hybridized carbons (Fsp3) is 0.355. The zero-order valence-electron chi connectivity index (χ0n) is 21.8. The molecule has 0 unspecified atom stereocenters. The second kappa shape index (κ2) is 11.1. The Bertz CT molecular complexity index is 1270. The molecular formula is C31H34ClFN2O2. The number of carbonyl (C=O) groups is 2. The Morgan fingerprint density at radius 3 is 2.27 bits per heavy atom. The first kappa shape index (κ1) is 26.9. The average molecular weight is 521 g/mol. The summed E-state index contributed by atoms with van der Waals surface area (Å²) in [5, 5.41) is 3.69. The highest BCUT2D eigenvalue weighted by Gasteiger charge is 2.40. The number of piperidine rings is 1. The lowest BCUT2D eigenvalue weighted by Gasteiger charge is -2.45. The number of nitrogens with zero attached hydrogens (tertiary/aromatic N) is 1. The number of amides is 2. The minimum absolute atomic E-state index is 0.0627. The predicted molar refractivity (Wildman–Crippen MR) is 147 cm³/mol. The van der Waals surface area contributed by atoms with E-state index in [1.807, 2.05) is 36.9 Å². The third-order valence-electron chi connectivity index (χ3n) is 7.32. The number of hydrogen-bond donors (Lipinski definition) is 1. The molecule has 6 heteroatoms. The topological polar surface area (TPSA) is 49.4 Å². The van der Waals surface area contributed by atoms with Gasteiger partial charge < -0.3 is 10.2 Å². The maximum atomic E-state index is 13.7. The van der Waals surface area contributed by atoms with E-state index < -0.39 is 6.04 Å². The molecule has 194 valence electrons. The van der Waals surface area contributed by atoms with Gasteiger partial charge in [-0.1, -0.05) is 75.7 Å². The molecule has 2 atom stereocenters. The van der Waals surface area contributed by atoms with Crippen LogP contribution in [-0.2, 0) is 4.79 Å². The van der Waals surface area contributed by atoms with Crippen LogP contribution in [0.1, 0.15) is 56.0 Å². The van der Waals surface area contributed by atoms with Crippen LogP contribution in [0.3, 0.4) is 0 Å². The molecule has 0 aliphatic carbocycles. The molecule has 0 aromatic heterocycles. The van der Waals surface area contributed by atoms with E-state index >= 15 is 0 Å². The fourth-order valence-electron chi connectivity index (χ4n) is 5.30. The smallest absolute Gasteiger partial charge is 0.251 e. The van der Waals surface area contributed by atoms with Crippen molar-refractivity contribution in [3.8, 4) is 11.1 Å². The first-order valence-corrected chi connectivity index (χ1v) is 13.1. The molecule has 0 bridgehead atoms. The van der Waals surface area contributed by atoms with Gasteiger partial charge in [-0.15, -0.1) is 0 Å². The van der Waals surface area contributed by atoms with Crippen molar-refractivity contribution in [3.63, 3.8) is 0 Å². The molecule has 1 fully saturated rings. The van der Waals surface area contributed by atoms with Crippen LogP contribution in [0.4, 0.5) is 4.39 Å². The molecule has 0 radical (unpaired) electrons. The summed E-state index contributed by atoms with van der Waals surface area (Å²) in [4.78, 5) is 28.8. The summed E-state index contributed by atoms with van der Waals surface area (Å²) in [5.74, 6) is -0.486. The van der Waals surface area contributed by atoms with E-state index in [9.17, 15) is 14.0 Å². The molecule has 3 aromatic carbocycles. The standard InChI is InChI=1S/C31H34ClFN2O2/c1-20(2)28(34-29(36)24-9-5-7-22(17-24)23-8-6-10-26(33)18-23)30(37)35-16-15-27(31(3,4)19-35)21-11-13-25(32)14-12-21/h5-14,17-18,20,27-28H,15-16,19H2,1-4H3,(H,34,36)/t27-,28-/m1/s1. The largest absolute Gasteiger partial charge is 0.340 e. The van der Waals surface area contributed by atoms with Crippen LogP contribution in [0.5, 0.6) is 0 Å². The van der Waals surface area contributed by atoms with Crippen LogP contribution in [0.25, 0.3) is 11.1 Å². The highest BCUT2D eigenvalue weighted by Crippen LogP contribution is 2.42. The Labute approximate surface area is 223 Å². The SMILES string of the molecule is CC(C)[C@@H](NC(=O)c1cccc(-c2cccc(F)c2)c1)C(=O)N1CC[C@H](c2ccc(Cl)cc2)C(C)(C)C1. The van der Waals surface area contributed by atoms with Gasteiger partial charge >= 0.3 is 0 Å². The molecule has 37 heavy (non-hydrogen) atoms. The molecule has 1 saturated heterocycles. The van der Waals surface area contributed by atoms with E-state index in [2.05, 4.69) is 31.3 Å². The van der Waals surface area contributed by atoms with Crippen molar-refractivity contribution in [2.24, 2.45) is 11.3 Å². The van der Waals surface area contributed by atoms with Gasteiger partial charge in [0, 0.05) is 23.7 Å². The molecule has 0 spiro atoms. The Kier molecular flexibility index (Phi) is 8.03. The second-order valence-electron chi connectivity index (χ2n) is 10.9. The number of carbonyl (C=O) groups excluding carboxylic acids is 2. The molecule has 1 aliphatic rings. The van der Waals surface area contributed by atoms with Gasteiger partial charge in [-0.3, -0.25) is 9.59 Å². The average Bonchev–Trinajstić information content (AvgIpc) is 2.87. The fourth-order valence-corrected chi connectivity index (χ4v) is 5.43. The third kappa shape index (κ3) is 6.22. The van der Waals surface area contributed by atoms with Crippen LogP contribution < -0.4 is 5.32 Å². The number of hydrogen-bond acceptors (Lipinski definition) is 2. The van der Waals surface area contributed by atoms with Gasteiger partial charge in [0.1, 0.15) is 11.9 Å². The summed E-state index contributed by atoms with van der Waals surface area (Å²) in [5.41, 5.74) is 2.96. The normalized spacial score (nSPS) is 17.9. The molecule has 1 heterocycles. The Morgan fingerprint density at radius 1 is 1.00 bits per heavy atom. The van der Waals surface area contributed by atoms with Crippen LogP contribution in [-0.4, -0.2) is 35.8 Å². The summed E-state index contributed by atoms with van der Waals surface area (Å²) < 4.78 is 13.7. The summed E-state index contributed by atoms with van der Waals surface area (Å²) in [6.45, 7) is 9.49. The lowest BCUT2D eigenvalue weighted by molar-refractivity contribution is -0.137. The number of likely N-dealkylation sites (tertiary alicyclic amines) is 1. The van der Waals surface area contributed by atoms with Crippen molar-refractivity contribution in [3.05, 3.63) is 94.8 Å². The van der Waals surface area contributed by atoms with E-state index in [-0.39, 0.29) is 29.0 Å². The van der Waals surface area contributed by atoms with Crippen molar-refractivity contribution in [2.45, 2.75) is 46.1 Å². The van der Waals surface area contributed by atoms with Gasteiger partial charge in [0.2, 0.25) is 5.91 Å². The van der Waals surface area contributed by atoms with E-state index in [0.717, 1.165) is 12.0 Å². The van der Waals surface area contributed by atoms with Crippen LogP contribution in [0.15, 0.2) is 72.8 Å². The van der Waals surface area contributed by atoms with Crippen molar-refractivity contribution in [1.29, 1.82) is 0 Å². The summed E-state index contributed by atoms with van der Waals surface area (Å²) >= 11 is 6.08. The minimum Gasteiger partial charge on any atom is -0.340 e. The van der Waals surface area contributed by atoms with E-state index in [4.69, 9.17) is 11.6 Å². The quantitative estimate of drug-likeness (QED) is 0.382. The van der Waals surface area contributed by atoms with Crippen molar-refractivity contribution in [1.82, 2.24) is 10.2 Å². The van der Waals surface area contributed by atoms with E-state index in [0.29, 0.717) is 35.2 Å². The summed E-state index contributed by atoms with van der Waals surface area (Å²) in [6, 6.07) is 20.6.